The zero-order valence-electron chi connectivity index (χ0n) is 12.2. The van der Waals surface area contributed by atoms with Crippen molar-refractivity contribution in [3.8, 4) is 5.69 Å². The summed E-state index contributed by atoms with van der Waals surface area (Å²) in [6.45, 7) is 0. The normalized spacial score (nSPS) is 10.4. The van der Waals surface area contributed by atoms with E-state index in [9.17, 15) is 0 Å². The molecule has 1 aromatic heterocycles. The molecule has 1 heterocycles. The molecule has 0 unspecified atom stereocenters. The van der Waals surface area contributed by atoms with Crippen molar-refractivity contribution in [2.45, 2.75) is 0 Å². The van der Waals surface area contributed by atoms with Crippen molar-refractivity contribution in [3.63, 3.8) is 0 Å². The molecule has 4 heteroatoms. The van der Waals surface area contributed by atoms with E-state index < -0.39 is 0 Å². The number of anilines is 3. The van der Waals surface area contributed by atoms with Crippen LogP contribution in [0.2, 0.25) is 0 Å². The predicted molar refractivity (Wildman–Crippen MR) is 87.6 cm³/mol. The van der Waals surface area contributed by atoms with E-state index in [0.717, 1.165) is 22.7 Å². The summed E-state index contributed by atoms with van der Waals surface area (Å²) in [6, 6.07) is 18.4. The molecule has 0 fully saturated rings. The van der Waals surface area contributed by atoms with Crippen LogP contribution in [0.1, 0.15) is 0 Å². The largest absolute Gasteiger partial charge is 0.378 e. The van der Waals surface area contributed by atoms with Crippen molar-refractivity contribution in [3.05, 3.63) is 67.0 Å². The van der Waals surface area contributed by atoms with Crippen LogP contribution < -0.4 is 10.2 Å². The van der Waals surface area contributed by atoms with Crippen molar-refractivity contribution in [2.24, 2.45) is 0 Å². The molecule has 0 aliphatic rings. The second-order valence-corrected chi connectivity index (χ2v) is 5.08. The van der Waals surface area contributed by atoms with Crippen molar-refractivity contribution < 1.29 is 0 Å². The third kappa shape index (κ3) is 3.05. The zero-order chi connectivity index (χ0) is 14.7. The van der Waals surface area contributed by atoms with E-state index in [1.807, 2.05) is 73.6 Å². The van der Waals surface area contributed by atoms with Crippen LogP contribution in [0.3, 0.4) is 0 Å². The van der Waals surface area contributed by atoms with Crippen molar-refractivity contribution >= 4 is 17.1 Å². The van der Waals surface area contributed by atoms with E-state index in [2.05, 4.69) is 27.4 Å². The number of para-hydroxylation sites is 1. The maximum Gasteiger partial charge on any atom is 0.0775 e. The van der Waals surface area contributed by atoms with Gasteiger partial charge >= 0.3 is 0 Å². The van der Waals surface area contributed by atoms with Gasteiger partial charge in [-0.3, -0.25) is 0 Å². The number of benzene rings is 2. The molecule has 0 spiro atoms. The van der Waals surface area contributed by atoms with Crippen LogP contribution in [0.5, 0.6) is 0 Å². The van der Waals surface area contributed by atoms with Gasteiger partial charge < -0.3 is 10.2 Å². The van der Waals surface area contributed by atoms with Crippen LogP contribution in [0.15, 0.2) is 67.0 Å². The third-order valence-electron chi connectivity index (χ3n) is 3.25. The first kappa shape index (κ1) is 13.2. The van der Waals surface area contributed by atoms with Gasteiger partial charge in [0, 0.05) is 25.5 Å². The lowest BCUT2D eigenvalue weighted by molar-refractivity contribution is 0.881. The summed E-state index contributed by atoms with van der Waals surface area (Å²) >= 11 is 0. The fourth-order valence-electron chi connectivity index (χ4n) is 2.14. The lowest BCUT2D eigenvalue weighted by Gasteiger charge is -2.13. The quantitative estimate of drug-likeness (QED) is 0.790. The van der Waals surface area contributed by atoms with Crippen LogP contribution in [-0.2, 0) is 0 Å². The molecule has 0 saturated carbocycles. The summed E-state index contributed by atoms with van der Waals surface area (Å²) < 4.78 is 1.86. The molecule has 106 valence electrons. The van der Waals surface area contributed by atoms with Crippen molar-refractivity contribution in [1.82, 2.24) is 9.78 Å². The Morgan fingerprint density at radius 1 is 0.952 bits per heavy atom. The summed E-state index contributed by atoms with van der Waals surface area (Å²) in [5.74, 6) is 0. The first-order valence-corrected chi connectivity index (χ1v) is 6.87. The molecule has 0 aliphatic heterocycles. The fourth-order valence-corrected chi connectivity index (χ4v) is 2.14. The topological polar surface area (TPSA) is 33.1 Å². The van der Waals surface area contributed by atoms with Gasteiger partial charge in [0.2, 0.25) is 0 Å². The third-order valence-corrected chi connectivity index (χ3v) is 3.25. The molecular formula is C17H18N4. The van der Waals surface area contributed by atoms with Gasteiger partial charge in [-0.05, 0) is 30.3 Å². The Balaban J connectivity index is 1.80. The minimum atomic E-state index is 0.967. The molecule has 0 radical (unpaired) electrons. The van der Waals surface area contributed by atoms with Crippen LogP contribution in [-0.4, -0.2) is 23.9 Å². The first-order chi connectivity index (χ1) is 10.2. The molecule has 0 atom stereocenters. The fraction of sp³-hybridized carbons (Fsp3) is 0.118. The highest BCUT2D eigenvalue weighted by molar-refractivity contribution is 5.64. The molecule has 4 nitrogen and oxygen atoms in total. The molecule has 0 aliphatic carbocycles. The highest BCUT2D eigenvalue weighted by Crippen LogP contribution is 2.21. The van der Waals surface area contributed by atoms with Gasteiger partial charge in [0.1, 0.15) is 0 Å². The molecule has 1 N–H and O–H groups in total. The lowest BCUT2D eigenvalue weighted by atomic mass is 10.2. The van der Waals surface area contributed by atoms with Gasteiger partial charge in [-0.25, -0.2) is 4.68 Å². The molecule has 2 aromatic carbocycles. The zero-order valence-corrected chi connectivity index (χ0v) is 12.2. The summed E-state index contributed by atoms with van der Waals surface area (Å²) in [5.41, 5.74) is 4.23. The maximum atomic E-state index is 4.38. The van der Waals surface area contributed by atoms with Crippen molar-refractivity contribution in [2.75, 3.05) is 24.3 Å². The van der Waals surface area contributed by atoms with E-state index in [1.54, 1.807) is 0 Å². The van der Waals surface area contributed by atoms with Gasteiger partial charge in [-0.1, -0.05) is 24.3 Å². The highest BCUT2D eigenvalue weighted by atomic mass is 15.3. The van der Waals surface area contributed by atoms with Crippen molar-refractivity contribution in [1.29, 1.82) is 0 Å². The van der Waals surface area contributed by atoms with Gasteiger partial charge in [0.25, 0.3) is 0 Å². The van der Waals surface area contributed by atoms with E-state index >= 15 is 0 Å². The Kier molecular flexibility index (Phi) is 3.60. The van der Waals surface area contributed by atoms with Crippen LogP contribution in [0, 0.1) is 0 Å². The second kappa shape index (κ2) is 5.71. The predicted octanol–water partition coefficient (Wildman–Crippen LogP) is 3.68. The Morgan fingerprint density at radius 2 is 1.76 bits per heavy atom. The average Bonchev–Trinajstić information content (AvgIpc) is 2.97. The summed E-state index contributed by atoms with van der Waals surface area (Å²) in [4.78, 5) is 2.08. The van der Waals surface area contributed by atoms with E-state index in [4.69, 9.17) is 0 Å². The lowest BCUT2D eigenvalue weighted by Crippen LogP contribution is -2.08. The summed E-state index contributed by atoms with van der Waals surface area (Å²) in [5, 5.41) is 7.76. The van der Waals surface area contributed by atoms with E-state index in [-0.39, 0.29) is 0 Å². The summed E-state index contributed by atoms with van der Waals surface area (Å²) in [6.07, 6.45) is 3.81. The Morgan fingerprint density at radius 3 is 2.52 bits per heavy atom. The van der Waals surface area contributed by atoms with E-state index in [1.165, 1.54) is 0 Å². The SMILES string of the molecule is CN(C)c1cccc(Nc2cnn(-c3ccccc3)c2)c1. The standard InChI is InChI=1S/C17H18N4/c1-20(2)17-10-6-7-14(11-17)19-15-12-18-21(13-15)16-8-4-3-5-9-16/h3-13,19H,1-2H3. The second-order valence-electron chi connectivity index (χ2n) is 5.08. The number of hydrogen-bond donors (Lipinski definition) is 1. The maximum absolute atomic E-state index is 4.38. The minimum absolute atomic E-state index is 0.967. The molecule has 0 saturated heterocycles. The molecule has 3 rings (SSSR count). The monoisotopic (exact) mass is 278 g/mol. The molecule has 0 bridgehead atoms. The Labute approximate surface area is 124 Å². The number of rotatable bonds is 4. The number of aromatic nitrogens is 2. The van der Waals surface area contributed by atoms with Gasteiger partial charge in [-0.15, -0.1) is 0 Å². The first-order valence-electron chi connectivity index (χ1n) is 6.87. The van der Waals surface area contributed by atoms with Gasteiger partial charge in [-0.2, -0.15) is 5.10 Å². The van der Waals surface area contributed by atoms with Crippen LogP contribution in [0.25, 0.3) is 5.69 Å². The Hall–Kier alpha value is -2.75. The van der Waals surface area contributed by atoms with Crippen LogP contribution >= 0.6 is 0 Å². The molecule has 0 amide bonds. The number of nitrogens with zero attached hydrogens (tertiary/aromatic N) is 3. The number of nitrogens with one attached hydrogen (secondary N) is 1. The molecule has 21 heavy (non-hydrogen) atoms. The van der Waals surface area contributed by atoms with Gasteiger partial charge in [0.05, 0.1) is 23.8 Å². The molecule has 3 aromatic rings. The number of hydrogen-bond acceptors (Lipinski definition) is 3. The average molecular weight is 278 g/mol. The van der Waals surface area contributed by atoms with E-state index in [0.29, 0.717) is 0 Å². The summed E-state index contributed by atoms with van der Waals surface area (Å²) in [7, 11) is 4.07. The highest BCUT2D eigenvalue weighted by Gasteiger charge is 2.02. The Bertz CT molecular complexity index is 716. The smallest absolute Gasteiger partial charge is 0.0775 e. The molecular weight excluding hydrogens is 260 g/mol. The minimum Gasteiger partial charge on any atom is -0.378 e. The van der Waals surface area contributed by atoms with Gasteiger partial charge in [0.15, 0.2) is 0 Å². The van der Waals surface area contributed by atoms with Crippen LogP contribution in [0.4, 0.5) is 17.1 Å².